The molecule has 2 saturated heterocycles. The molecule has 110 heavy (non-hydrogen) atoms. The number of nitrogens with one attached hydrogen (secondary N) is 4. The van der Waals surface area contributed by atoms with Crippen LogP contribution in [-0.2, 0) is 20.0 Å². The van der Waals surface area contributed by atoms with Crippen molar-refractivity contribution in [2.24, 2.45) is 0 Å². The Morgan fingerprint density at radius 1 is 0.436 bits per heavy atom. The number of nitrogens with zero attached hydrogens (tertiary/aromatic N) is 13. The van der Waals surface area contributed by atoms with E-state index in [0.717, 1.165) is 99.0 Å². The van der Waals surface area contributed by atoms with E-state index in [1.807, 2.05) is 137 Å². The number of rotatable bonds is 26. The molecule has 0 radical (unpaired) electrons. The summed E-state index contributed by atoms with van der Waals surface area (Å²) in [6.07, 6.45) is 4.95. The van der Waals surface area contributed by atoms with E-state index < -0.39 is 20.0 Å². The van der Waals surface area contributed by atoms with Crippen LogP contribution in [0.15, 0.2) is 174 Å². The molecule has 30 heteroatoms. The third kappa shape index (κ3) is 20.1. The number of aryl methyl sites for hydroxylation is 3. The Bertz CT molecular complexity index is 5500. The SMILES string of the molecule is COc1ccc(Cl)c(-c2cc(C)c3nc(Nc4ccc(S(=O)(=O)N(C)CCN5CCCC5)cc4)nnc3c2)c1.COc1ccc(Cl)c(-c2cc(C)c3nc(Nc4cccc(S(=O)(=O)NCCN(C)C)c4)nnc3c2)c1.COc1ccc(Cl)c(-c2cc3nnc(Nc4ccc(OCCN5CCCC5)cc4)nc3cc2C)c1. The lowest BCUT2D eigenvalue weighted by atomic mass is 9.99. The molecule has 0 amide bonds. The largest absolute Gasteiger partial charge is 0.497 e. The number of hydrogen-bond acceptors (Lipinski definition) is 23. The van der Waals surface area contributed by atoms with Gasteiger partial charge in [-0.3, -0.25) is 4.90 Å². The van der Waals surface area contributed by atoms with Gasteiger partial charge in [-0.05, 0) is 278 Å². The summed E-state index contributed by atoms with van der Waals surface area (Å²) in [4.78, 5) is 21.0. The second-order valence-corrected chi connectivity index (χ2v) is 31.9. The van der Waals surface area contributed by atoms with Gasteiger partial charge in [0.05, 0.1) is 47.7 Å². The second kappa shape index (κ2) is 36.2. The molecule has 3 aromatic heterocycles. The van der Waals surface area contributed by atoms with Crippen molar-refractivity contribution >= 4 is 123 Å². The minimum atomic E-state index is -3.64. The van der Waals surface area contributed by atoms with Gasteiger partial charge in [-0.2, -0.15) is 4.31 Å². The molecule has 9 aromatic carbocycles. The van der Waals surface area contributed by atoms with E-state index in [0.29, 0.717) is 104 Å². The van der Waals surface area contributed by atoms with Crippen LogP contribution in [0.3, 0.4) is 0 Å². The molecule has 0 bridgehead atoms. The van der Waals surface area contributed by atoms with Crippen LogP contribution in [0.5, 0.6) is 23.0 Å². The zero-order valence-corrected chi connectivity index (χ0v) is 66.4. The monoisotopic (exact) mass is 1580 g/mol. The molecule has 4 N–H and O–H groups in total. The maximum Gasteiger partial charge on any atom is 0.247 e. The third-order valence-corrected chi connectivity index (χ3v) is 23.0. The molecule has 2 aliphatic heterocycles. The van der Waals surface area contributed by atoms with Gasteiger partial charge in [-0.25, -0.2) is 36.5 Å². The highest BCUT2D eigenvalue weighted by Crippen LogP contribution is 2.38. The van der Waals surface area contributed by atoms with E-state index >= 15 is 0 Å². The Hall–Kier alpha value is -10.0. The summed E-state index contributed by atoms with van der Waals surface area (Å²) in [6, 6.07) is 49.2. The Labute approximate surface area is 655 Å². The van der Waals surface area contributed by atoms with Crippen molar-refractivity contribution in [2.75, 3.05) is 124 Å². The molecule has 2 aliphatic rings. The third-order valence-electron chi connectivity index (χ3n) is 18.7. The standard InChI is InChI=1S/C28H31ClN6O3S.C27H28ClN5O2.C25H27ClN6O3S/c1-19-16-20(24-18-22(38-3)8-11-25(24)29)17-26-27(19)31-28(33-32-26)30-21-6-9-23(10-7-21)39(36,37)34(2)14-15-35-12-4-5-13-35;1-18-15-25-26(17-22(18)23-16-21(34-2)9-10-24(23)28)31-32-27(30-25)29-19-5-7-20(8-6-19)35-14-13-33-11-3-4-12-33;1-16-12-17(21-15-19(35-4)8-9-22(21)26)13-23-24(16)29-25(31-30-23)28-18-6-5-7-20(14-18)36(33,34)27-10-11-32(2)3/h6-11,16-18H,4-5,12-15H2,1-3H3,(H,30,31,33);5-10,15-17H,3-4,11-14H2,1-2H3,(H,29,30,32);5-9,12-15,27H,10-11H2,1-4H3,(H,28,29,31). The molecule has 2 fully saturated rings. The number of fused-ring (bicyclic) bond motifs is 3. The Balaban J connectivity index is 0.000000154. The number of likely N-dealkylation sites (tertiary alicyclic amines) is 2. The van der Waals surface area contributed by atoms with Crippen molar-refractivity contribution in [2.45, 2.75) is 56.2 Å². The lowest BCUT2D eigenvalue weighted by Gasteiger charge is -2.21. The van der Waals surface area contributed by atoms with Gasteiger partial charge >= 0.3 is 0 Å². The Morgan fingerprint density at radius 2 is 0.909 bits per heavy atom. The number of ether oxygens (including phenoxy) is 4. The van der Waals surface area contributed by atoms with Gasteiger partial charge in [0.1, 0.15) is 46.2 Å². The average molecular weight is 1580 g/mol. The summed E-state index contributed by atoms with van der Waals surface area (Å²) in [7, 11) is 3.04. The summed E-state index contributed by atoms with van der Waals surface area (Å²) < 4.78 is 77.2. The highest BCUT2D eigenvalue weighted by atomic mass is 35.5. The van der Waals surface area contributed by atoms with Crippen molar-refractivity contribution in [3.63, 3.8) is 0 Å². The number of sulfonamides is 2. The quantitative estimate of drug-likeness (QED) is 0.0392. The van der Waals surface area contributed by atoms with Gasteiger partial charge in [0.25, 0.3) is 0 Å². The van der Waals surface area contributed by atoms with Gasteiger partial charge in [-0.15, -0.1) is 30.6 Å². The fourth-order valence-electron chi connectivity index (χ4n) is 12.7. The van der Waals surface area contributed by atoms with Crippen LogP contribution < -0.4 is 39.6 Å². The fourth-order valence-corrected chi connectivity index (χ4v) is 15.6. The van der Waals surface area contributed by atoms with E-state index in [4.69, 9.17) is 53.8 Å². The van der Waals surface area contributed by atoms with Crippen LogP contribution in [-0.4, -0.2) is 189 Å². The summed E-state index contributed by atoms with van der Waals surface area (Å²) in [5.74, 6) is 4.02. The number of likely N-dealkylation sites (N-methyl/N-ethyl adjacent to an activating group) is 2. The molecule has 0 unspecified atom stereocenters. The smallest absolute Gasteiger partial charge is 0.247 e. The molecule has 5 heterocycles. The van der Waals surface area contributed by atoms with Gasteiger partial charge in [0, 0.05) is 88.6 Å². The van der Waals surface area contributed by atoms with Crippen molar-refractivity contribution < 1.29 is 35.8 Å². The molecule has 12 aromatic rings. The summed E-state index contributed by atoms with van der Waals surface area (Å²) >= 11 is 19.3. The molecule has 0 saturated carbocycles. The predicted octanol–water partition coefficient (Wildman–Crippen LogP) is 15.2. The maximum absolute atomic E-state index is 13.0. The Kier molecular flexibility index (Phi) is 26.2. The normalized spacial score (nSPS) is 13.3. The minimum absolute atomic E-state index is 0.149. The topological polar surface area (TPSA) is 282 Å². The molecule has 572 valence electrons. The summed E-state index contributed by atoms with van der Waals surface area (Å²) in [5, 5.41) is 37.1. The number of benzene rings is 9. The molecule has 14 rings (SSSR count). The van der Waals surface area contributed by atoms with Crippen LogP contribution in [0.1, 0.15) is 42.4 Å². The molecular formula is C80H86Cl3N17O8S2. The van der Waals surface area contributed by atoms with Gasteiger partial charge < -0.3 is 44.7 Å². The first-order valence-corrected chi connectivity index (χ1v) is 39.8. The first kappa shape index (κ1) is 79.5. The van der Waals surface area contributed by atoms with Gasteiger partial charge in [0.2, 0.25) is 37.9 Å². The second-order valence-electron chi connectivity index (χ2n) is 26.8. The molecular weight excluding hydrogens is 1500 g/mol. The molecule has 0 atom stereocenters. The number of hydrogen-bond donors (Lipinski definition) is 4. The van der Waals surface area contributed by atoms with Crippen molar-refractivity contribution in [1.29, 1.82) is 0 Å². The fraction of sp³-hybridized carbons (Fsp3) is 0.287. The van der Waals surface area contributed by atoms with Crippen LogP contribution in [0.2, 0.25) is 15.1 Å². The Morgan fingerprint density at radius 3 is 1.44 bits per heavy atom. The van der Waals surface area contributed by atoms with Crippen LogP contribution >= 0.6 is 34.8 Å². The van der Waals surface area contributed by atoms with E-state index in [2.05, 4.69) is 76.0 Å². The van der Waals surface area contributed by atoms with E-state index in [9.17, 15) is 16.8 Å². The van der Waals surface area contributed by atoms with Gasteiger partial charge in [-0.1, -0.05) is 40.9 Å². The number of methoxy groups -OCH3 is 3. The predicted molar refractivity (Wildman–Crippen MR) is 437 cm³/mol. The number of anilines is 6. The maximum atomic E-state index is 13.0. The van der Waals surface area contributed by atoms with E-state index in [-0.39, 0.29) is 15.7 Å². The zero-order valence-electron chi connectivity index (χ0n) is 62.5. The lowest BCUT2D eigenvalue weighted by molar-refractivity contribution is 0.238. The highest BCUT2D eigenvalue weighted by Gasteiger charge is 2.24. The zero-order chi connectivity index (χ0) is 77.6. The first-order valence-electron chi connectivity index (χ1n) is 35.8. The number of halogens is 3. The number of aromatic nitrogens is 9. The van der Waals surface area contributed by atoms with Crippen molar-refractivity contribution in [1.82, 2.24) is 69.3 Å². The van der Waals surface area contributed by atoms with E-state index in [1.54, 1.807) is 83.0 Å². The summed E-state index contributed by atoms with van der Waals surface area (Å²) in [6.45, 7) is 14.2. The van der Waals surface area contributed by atoms with Gasteiger partial charge in [0.15, 0.2) is 0 Å². The van der Waals surface area contributed by atoms with Crippen LogP contribution in [0.4, 0.5) is 34.9 Å². The van der Waals surface area contributed by atoms with Crippen molar-refractivity contribution in [3.05, 3.63) is 196 Å². The summed E-state index contributed by atoms with van der Waals surface area (Å²) in [5.41, 5.74) is 14.2. The molecule has 25 nitrogen and oxygen atoms in total. The highest BCUT2D eigenvalue weighted by molar-refractivity contribution is 7.89. The lowest BCUT2D eigenvalue weighted by Crippen LogP contribution is -2.35. The minimum Gasteiger partial charge on any atom is -0.497 e. The molecule has 0 spiro atoms. The van der Waals surface area contributed by atoms with Crippen molar-refractivity contribution in [3.8, 4) is 56.4 Å². The average Bonchev–Trinajstić information content (AvgIpc) is 0.893. The molecule has 0 aliphatic carbocycles. The van der Waals surface area contributed by atoms with Crippen LogP contribution in [0.25, 0.3) is 66.5 Å². The van der Waals surface area contributed by atoms with E-state index in [1.165, 1.54) is 55.2 Å². The van der Waals surface area contributed by atoms with Crippen LogP contribution in [0, 0.1) is 20.8 Å². The first-order chi connectivity index (χ1) is 53.0.